The molecule has 0 fully saturated rings. The molecule has 0 saturated carbocycles. The third kappa shape index (κ3) is 3.90. The lowest BCUT2D eigenvalue weighted by molar-refractivity contribution is 0.669. The summed E-state index contributed by atoms with van der Waals surface area (Å²) in [5.74, 6) is 0. The minimum atomic E-state index is 0.913. The molecular formula is C46H28O. The molecule has 0 saturated heterocycles. The Labute approximate surface area is 271 Å². The molecule has 1 aromatic heterocycles. The van der Waals surface area contributed by atoms with Gasteiger partial charge in [0, 0.05) is 10.8 Å². The monoisotopic (exact) mass is 596 g/mol. The summed E-state index contributed by atoms with van der Waals surface area (Å²) >= 11 is 0. The van der Waals surface area contributed by atoms with E-state index in [0.29, 0.717) is 0 Å². The van der Waals surface area contributed by atoms with Crippen molar-refractivity contribution in [1.82, 2.24) is 0 Å². The molecule has 0 radical (unpaired) electrons. The molecule has 0 aliphatic rings. The summed E-state index contributed by atoms with van der Waals surface area (Å²) in [6.45, 7) is 0. The minimum Gasteiger partial charge on any atom is -0.456 e. The quantitative estimate of drug-likeness (QED) is 0.185. The summed E-state index contributed by atoms with van der Waals surface area (Å²) in [7, 11) is 0. The van der Waals surface area contributed by atoms with Crippen molar-refractivity contribution in [2.24, 2.45) is 0 Å². The lowest BCUT2D eigenvalue weighted by Crippen LogP contribution is -1.91. The SMILES string of the molecule is c1ccc(-c2c3ccccc3c(-c3cccc4ccc(-c5cccc6oc7ccc8ccccc8c7c56)cc34)c3ccccc23)cc1. The molecule has 0 atom stereocenters. The first-order valence-corrected chi connectivity index (χ1v) is 16.2. The summed E-state index contributed by atoms with van der Waals surface area (Å²) in [5.41, 5.74) is 9.23. The Kier molecular flexibility index (Phi) is 5.64. The molecular weight excluding hydrogens is 569 g/mol. The van der Waals surface area contributed by atoms with Gasteiger partial charge in [0.25, 0.3) is 0 Å². The fourth-order valence-electron chi connectivity index (χ4n) is 7.82. The first-order valence-electron chi connectivity index (χ1n) is 16.2. The third-order valence-corrected chi connectivity index (χ3v) is 9.84. The highest BCUT2D eigenvalue weighted by Crippen LogP contribution is 2.46. The average Bonchev–Trinajstić information content (AvgIpc) is 3.53. The Morgan fingerprint density at radius 2 is 0.851 bits per heavy atom. The van der Waals surface area contributed by atoms with Crippen molar-refractivity contribution in [3.63, 3.8) is 0 Å². The fourth-order valence-corrected chi connectivity index (χ4v) is 7.82. The Hall–Kier alpha value is -6.18. The van der Waals surface area contributed by atoms with E-state index in [1.54, 1.807) is 0 Å². The maximum Gasteiger partial charge on any atom is 0.136 e. The highest BCUT2D eigenvalue weighted by Gasteiger charge is 2.19. The van der Waals surface area contributed by atoms with Crippen LogP contribution in [0.1, 0.15) is 0 Å². The lowest BCUT2D eigenvalue weighted by Gasteiger charge is -2.19. The van der Waals surface area contributed by atoms with Crippen LogP contribution in [-0.2, 0) is 0 Å². The van der Waals surface area contributed by atoms with Crippen LogP contribution in [0.15, 0.2) is 174 Å². The first kappa shape index (κ1) is 26.1. The Bertz CT molecular complexity index is 2780. The zero-order valence-electron chi connectivity index (χ0n) is 25.6. The highest BCUT2D eigenvalue weighted by atomic mass is 16.3. The van der Waals surface area contributed by atoms with E-state index in [-0.39, 0.29) is 0 Å². The maximum atomic E-state index is 6.45. The van der Waals surface area contributed by atoms with Crippen LogP contribution < -0.4 is 0 Å². The molecule has 0 aliphatic carbocycles. The van der Waals surface area contributed by atoms with Crippen molar-refractivity contribution in [1.29, 1.82) is 0 Å². The fraction of sp³-hybridized carbons (Fsp3) is 0. The number of benzene rings is 9. The van der Waals surface area contributed by atoms with E-state index in [0.717, 1.165) is 11.2 Å². The first-order chi connectivity index (χ1) is 23.3. The predicted octanol–water partition coefficient (Wildman–Crippen LogP) is 13.2. The second kappa shape index (κ2) is 10.2. The molecule has 9 aromatic carbocycles. The van der Waals surface area contributed by atoms with Crippen LogP contribution in [0, 0.1) is 0 Å². The Balaban J connectivity index is 1.29. The van der Waals surface area contributed by atoms with Gasteiger partial charge in [-0.1, -0.05) is 152 Å². The zero-order valence-corrected chi connectivity index (χ0v) is 25.6. The second-order valence-electron chi connectivity index (χ2n) is 12.4. The van der Waals surface area contributed by atoms with Crippen molar-refractivity contribution in [3.05, 3.63) is 170 Å². The van der Waals surface area contributed by atoms with Crippen molar-refractivity contribution in [2.75, 3.05) is 0 Å². The molecule has 0 amide bonds. The van der Waals surface area contributed by atoms with Gasteiger partial charge >= 0.3 is 0 Å². The normalized spacial score (nSPS) is 11.8. The van der Waals surface area contributed by atoms with E-state index in [1.807, 2.05) is 0 Å². The molecule has 10 rings (SSSR count). The second-order valence-corrected chi connectivity index (χ2v) is 12.4. The molecule has 0 spiro atoms. The Morgan fingerprint density at radius 1 is 0.298 bits per heavy atom. The molecule has 1 nitrogen and oxygen atoms in total. The van der Waals surface area contributed by atoms with E-state index in [1.165, 1.54) is 87.2 Å². The van der Waals surface area contributed by atoms with E-state index < -0.39 is 0 Å². The van der Waals surface area contributed by atoms with Crippen molar-refractivity contribution in [2.45, 2.75) is 0 Å². The van der Waals surface area contributed by atoms with E-state index >= 15 is 0 Å². The lowest BCUT2D eigenvalue weighted by atomic mass is 9.84. The standard InChI is InChI=1S/C46H28O/c1-2-13-31(14-3-1)43-35-17-6-8-19-37(35)44(38-20-9-7-18-36(38)43)39-22-10-15-30-24-25-32(28-40(30)39)34-21-11-23-41-46(34)45-33-16-5-4-12-29(33)26-27-42(45)47-41/h1-28H. The summed E-state index contributed by atoms with van der Waals surface area (Å²) in [6, 6.07) is 61.5. The molecule has 0 aliphatic heterocycles. The Morgan fingerprint density at radius 3 is 1.62 bits per heavy atom. The molecule has 1 heteroatoms. The van der Waals surface area contributed by atoms with Crippen molar-refractivity contribution >= 4 is 65.0 Å². The molecule has 0 N–H and O–H groups in total. The van der Waals surface area contributed by atoms with Gasteiger partial charge < -0.3 is 4.42 Å². The van der Waals surface area contributed by atoms with Crippen molar-refractivity contribution in [3.8, 4) is 33.4 Å². The van der Waals surface area contributed by atoms with Gasteiger partial charge in [0.05, 0.1) is 0 Å². The smallest absolute Gasteiger partial charge is 0.136 e. The number of furan rings is 1. The van der Waals surface area contributed by atoms with Gasteiger partial charge in [-0.05, 0) is 94.7 Å². The average molecular weight is 597 g/mol. The van der Waals surface area contributed by atoms with Gasteiger partial charge in [-0.25, -0.2) is 0 Å². The third-order valence-electron chi connectivity index (χ3n) is 9.84. The number of hydrogen-bond acceptors (Lipinski definition) is 1. The van der Waals surface area contributed by atoms with Gasteiger partial charge in [-0.2, -0.15) is 0 Å². The molecule has 1 heterocycles. The van der Waals surface area contributed by atoms with Crippen LogP contribution in [0.4, 0.5) is 0 Å². The highest BCUT2D eigenvalue weighted by molar-refractivity contribution is 6.25. The number of fused-ring (bicyclic) bond motifs is 8. The number of rotatable bonds is 3. The van der Waals surface area contributed by atoms with Crippen LogP contribution in [0.3, 0.4) is 0 Å². The molecule has 47 heavy (non-hydrogen) atoms. The van der Waals surface area contributed by atoms with Gasteiger partial charge in [0.15, 0.2) is 0 Å². The molecule has 0 bridgehead atoms. The van der Waals surface area contributed by atoms with E-state index in [9.17, 15) is 0 Å². The predicted molar refractivity (Wildman–Crippen MR) is 200 cm³/mol. The molecule has 218 valence electrons. The number of hydrogen-bond donors (Lipinski definition) is 0. The van der Waals surface area contributed by atoms with Crippen LogP contribution >= 0.6 is 0 Å². The summed E-state index contributed by atoms with van der Waals surface area (Å²) in [6.07, 6.45) is 0. The molecule has 0 unspecified atom stereocenters. The van der Waals surface area contributed by atoms with E-state index in [4.69, 9.17) is 4.42 Å². The van der Waals surface area contributed by atoms with Gasteiger partial charge in [0.2, 0.25) is 0 Å². The van der Waals surface area contributed by atoms with Gasteiger partial charge in [-0.3, -0.25) is 0 Å². The minimum absolute atomic E-state index is 0.913. The van der Waals surface area contributed by atoms with Gasteiger partial charge in [0.1, 0.15) is 11.2 Å². The summed E-state index contributed by atoms with van der Waals surface area (Å²) in [5, 5.41) is 12.3. The van der Waals surface area contributed by atoms with Crippen molar-refractivity contribution < 1.29 is 4.42 Å². The van der Waals surface area contributed by atoms with Crippen LogP contribution in [-0.4, -0.2) is 0 Å². The largest absolute Gasteiger partial charge is 0.456 e. The maximum absolute atomic E-state index is 6.45. The topological polar surface area (TPSA) is 13.1 Å². The summed E-state index contributed by atoms with van der Waals surface area (Å²) < 4.78 is 6.45. The van der Waals surface area contributed by atoms with Gasteiger partial charge in [-0.15, -0.1) is 0 Å². The summed E-state index contributed by atoms with van der Waals surface area (Å²) in [4.78, 5) is 0. The zero-order chi connectivity index (χ0) is 30.9. The van der Waals surface area contributed by atoms with Crippen LogP contribution in [0.2, 0.25) is 0 Å². The van der Waals surface area contributed by atoms with E-state index in [2.05, 4.69) is 170 Å². The van der Waals surface area contributed by atoms with Crippen LogP contribution in [0.5, 0.6) is 0 Å². The molecule has 10 aromatic rings. The van der Waals surface area contributed by atoms with Crippen LogP contribution in [0.25, 0.3) is 98.4 Å².